The Balaban J connectivity index is 0.00000512. The monoisotopic (exact) mass is 561 g/mol. The molecule has 0 fully saturated rings. The molecule has 0 spiro atoms. The smallest absolute Gasteiger partial charge is 0.203 e. The topological polar surface area (TPSA) is 73.3 Å². The van der Waals surface area contributed by atoms with Crippen molar-refractivity contribution in [2.75, 3.05) is 41.0 Å². The van der Waals surface area contributed by atoms with Gasteiger partial charge in [0.2, 0.25) is 5.75 Å². The van der Waals surface area contributed by atoms with Gasteiger partial charge in [-0.15, -0.1) is 24.0 Å². The van der Waals surface area contributed by atoms with Gasteiger partial charge in [-0.3, -0.25) is 0 Å². The zero-order valence-electron chi connectivity index (χ0n) is 19.1. The average Bonchev–Trinajstić information content (AvgIpc) is 2.79. The lowest BCUT2D eigenvalue weighted by atomic mass is 10.2. The first-order chi connectivity index (χ1) is 15.1. The van der Waals surface area contributed by atoms with Crippen LogP contribution >= 0.6 is 24.0 Å². The number of ether oxygens (including phenoxy) is 4. The Morgan fingerprint density at radius 1 is 0.938 bits per heavy atom. The maximum atomic E-state index is 12.9. The Morgan fingerprint density at radius 2 is 1.59 bits per heavy atom. The molecule has 0 unspecified atom stereocenters. The number of halogens is 2. The van der Waals surface area contributed by atoms with Gasteiger partial charge in [-0.05, 0) is 61.7 Å². The number of unbranched alkanes of at least 4 members (excludes halogenated alkanes) is 1. The molecule has 0 aliphatic carbocycles. The lowest BCUT2D eigenvalue weighted by Gasteiger charge is -2.14. The molecule has 2 aromatic rings. The number of hydrogen-bond acceptors (Lipinski definition) is 5. The highest BCUT2D eigenvalue weighted by Crippen LogP contribution is 2.38. The molecule has 178 valence electrons. The Morgan fingerprint density at radius 3 is 2.16 bits per heavy atom. The molecular formula is C23H33FIN3O4. The van der Waals surface area contributed by atoms with Gasteiger partial charge in [-0.25, -0.2) is 9.38 Å². The van der Waals surface area contributed by atoms with Gasteiger partial charge in [0.1, 0.15) is 11.6 Å². The van der Waals surface area contributed by atoms with Gasteiger partial charge in [0.05, 0.1) is 34.5 Å². The molecule has 2 rings (SSSR count). The molecule has 0 atom stereocenters. The molecule has 0 bridgehead atoms. The second-order valence-corrected chi connectivity index (χ2v) is 6.67. The number of benzene rings is 2. The van der Waals surface area contributed by atoms with E-state index in [1.54, 1.807) is 33.5 Å². The van der Waals surface area contributed by atoms with Crippen molar-refractivity contribution in [1.29, 1.82) is 0 Å². The third-order valence-corrected chi connectivity index (χ3v) is 4.43. The molecular weight excluding hydrogens is 528 g/mol. The summed E-state index contributed by atoms with van der Waals surface area (Å²) in [7, 11) is 4.77. The van der Waals surface area contributed by atoms with Crippen molar-refractivity contribution in [3.05, 3.63) is 47.8 Å². The summed E-state index contributed by atoms with van der Waals surface area (Å²) in [6.07, 6.45) is 1.78. The normalized spacial score (nSPS) is 10.7. The first kappa shape index (κ1) is 27.6. The standard InChI is InChI=1S/C23H32FN3O4.HI/c1-5-25-23(26-12-6-7-13-31-19-10-8-18(24)9-11-19)27-16-17-14-20(28-2)22(30-4)21(15-17)29-3;/h8-11,14-15H,5-7,12-13,16H2,1-4H3,(H2,25,26,27);1H. The predicted molar refractivity (Wildman–Crippen MR) is 135 cm³/mol. The van der Waals surface area contributed by atoms with Crippen molar-refractivity contribution in [2.45, 2.75) is 26.3 Å². The van der Waals surface area contributed by atoms with E-state index in [2.05, 4.69) is 15.6 Å². The maximum absolute atomic E-state index is 12.9. The van der Waals surface area contributed by atoms with Crippen molar-refractivity contribution in [1.82, 2.24) is 10.6 Å². The summed E-state index contributed by atoms with van der Waals surface area (Å²) >= 11 is 0. The molecule has 0 saturated carbocycles. The average molecular weight is 561 g/mol. The fourth-order valence-corrected chi connectivity index (χ4v) is 2.89. The lowest BCUT2D eigenvalue weighted by Crippen LogP contribution is -2.37. The summed E-state index contributed by atoms with van der Waals surface area (Å²) in [5.74, 6) is 2.91. The third kappa shape index (κ3) is 8.97. The van der Waals surface area contributed by atoms with Crippen molar-refractivity contribution < 1.29 is 23.3 Å². The van der Waals surface area contributed by atoms with E-state index in [0.29, 0.717) is 36.1 Å². The number of aliphatic imine (C=N–C) groups is 1. The highest BCUT2D eigenvalue weighted by atomic mass is 127. The Kier molecular flexibility index (Phi) is 13.3. The van der Waals surface area contributed by atoms with Gasteiger partial charge in [-0.1, -0.05) is 0 Å². The summed E-state index contributed by atoms with van der Waals surface area (Å²) in [5, 5.41) is 6.56. The first-order valence-electron chi connectivity index (χ1n) is 10.3. The van der Waals surface area contributed by atoms with E-state index in [-0.39, 0.29) is 29.8 Å². The molecule has 0 saturated heterocycles. The molecule has 32 heavy (non-hydrogen) atoms. The van der Waals surface area contributed by atoms with Gasteiger partial charge in [0.25, 0.3) is 0 Å². The summed E-state index contributed by atoms with van der Waals surface area (Å²) in [5.41, 5.74) is 0.944. The van der Waals surface area contributed by atoms with Gasteiger partial charge in [0.15, 0.2) is 17.5 Å². The fraction of sp³-hybridized carbons (Fsp3) is 0.435. The van der Waals surface area contributed by atoms with Gasteiger partial charge >= 0.3 is 0 Å². The second-order valence-electron chi connectivity index (χ2n) is 6.67. The van der Waals surface area contributed by atoms with Crippen molar-refractivity contribution in [2.24, 2.45) is 4.99 Å². The minimum absolute atomic E-state index is 0. The van der Waals surface area contributed by atoms with Crippen molar-refractivity contribution in [3.63, 3.8) is 0 Å². The Bertz CT molecular complexity index is 809. The van der Waals surface area contributed by atoms with Crippen LogP contribution in [0.1, 0.15) is 25.3 Å². The number of nitrogens with one attached hydrogen (secondary N) is 2. The van der Waals surface area contributed by atoms with Crippen LogP contribution in [0.2, 0.25) is 0 Å². The lowest BCUT2D eigenvalue weighted by molar-refractivity contribution is 0.306. The molecule has 9 heteroatoms. The highest BCUT2D eigenvalue weighted by molar-refractivity contribution is 14.0. The zero-order valence-corrected chi connectivity index (χ0v) is 21.4. The summed E-state index contributed by atoms with van der Waals surface area (Å²) < 4.78 is 34.7. The minimum Gasteiger partial charge on any atom is -0.494 e. The number of hydrogen-bond donors (Lipinski definition) is 2. The quantitative estimate of drug-likeness (QED) is 0.174. The van der Waals surface area contributed by atoms with Gasteiger partial charge in [0, 0.05) is 13.1 Å². The Labute approximate surface area is 206 Å². The predicted octanol–water partition coefficient (Wildman–Crippen LogP) is 4.38. The van der Waals surface area contributed by atoms with Gasteiger partial charge in [-0.2, -0.15) is 0 Å². The van der Waals surface area contributed by atoms with Crippen LogP contribution in [-0.2, 0) is 6.54 Å². The number of methoxy groups -OCH3 is 3. The number of guanidine groups is 1. The molecule has 0 aromatic heterocycles. The van der Waals surface area contributed by atoms with E-state index in [1.807, 2.05) is 19.1 Å². The summed E-state index contributed by atoms with van der Waals surface area (Å²) in [6.45, 7) is 4.57. The van der Waals surface area contributed by atoms with Crippen LogP contribution in [0.3, 0.4) is 0 Å². The number of rotatable bonds is 12. The molecule has 0 radical (unpaired) electrons. The van der Waals surface area contributed by atoms with Gasteiger partial charge < -0.3 is 29.6 Å². The SMILES string of the molecule is CCNC(=NCc1cc(OC)c(OC)c(OC)c1)NCCCCOc1ccc(F)cc1.I. The Hall–Kier alpha value is -2.43. The first-order valence-corrected chi connectivity index (χ1v) is 10.3. The molecule has 7 nitrogen and oxygen atoms in total. The van der Waals surface area contributed by atoms with E-state index < -0.39 is 0 Å². The molecule has 0 heterocycles. The largest absolute Gasteiger partial charge is 0.494 e. The zero-order chi connectivity index (χ0) is 22.5. The summed E-state index contributed by atoms with van der Waals surface area (Å²) in [4.78, 5) is 4.64. The molecule has 0 aliphatic heterocycles. The highest BCUT2D eigenvalue weighted by Gasteiger charge is 2.13. The van der Waals surface area contributed by atoms with Crippen molar-refractivity contribution in [3.8, 4) is 23.0 Å². The molecule has 2 N–H and O–H groups in total. The van der Waals surface area contributed by atoms with Crippen LogP contribution < -0.4 is 29.6 Å². The van der Waals surface area contributed by atoms with E-state index >= 15 is 0 Å². The molecule has 0 amide bonds. The van der Waals surface area contributed by atoms with E-state index in [0.717, 1.165) is 37.5 Å². The fourth-order valence-electron chi connectivity index (χ4n) is 2.89. The number of nitrogens with zero attached hydrogens (tertiary/aromatic N) is 1. The maximum Gasteiger partial charge on any atom is 0.203 e. The molecule has 2 aromatic carbocycles. The van der Waals surface area contributed by atoms with E-state index in [1.165, 1.54) is 12.1 Å². The second kappa shape index (κ2) is 15.4. The van der Waals surface area contributed by atoms with Crippen LogP contribution in [0.4, 0.5) is 4.39 Å². The van der Waals surface area contributed by atoms with Crippen LogP contribution in [0, 0.1) is 5.82 Å². The van der Waals surface area contributed by atoms with Crippen LogP contribution in [-0.4, -0.2) is 47.0 Å². The van der Waals surface area contributed by atoms with Crippen molar-refractivity contribution >= 4 is 29.9 Å². The summed E-state index contributed by atoms with van der Waals surface area (Å²) in [6, 6.07) is 9.83. The van der Waals surface area contributed by atoms with Crippen LogP contribution in [0.15, 0.2) is 41.4 Å². The van der Waals surface area contributed by atoms with Crippen LogP contribution in [0.5, 0.6) is 23.0 Å². The molecule has 0 aliphatic rings. The van der Waals surface area contributed by atoms with E-state index in [4.69, 9.17) is 18.9 Å². The minimum atomic E-state index is -0.265. The van der Waals surface area contributed by atoms with E-state index in [9.17, 15) is 4.39 Å². The van der Waals surface area contributed by atoms with Crippen LogP contribution in [0.25, 0.3) is 0 Å². The third-order valence-electron chi connectivity index (χ3n) is 4.43.